The normalized spacial score (nSPS) is 19.2. The second-order valence-electron chi connectivity index (χ2n) is 11.2. The summed E-state index contributed by atoms with van der Waals surface area (Å²) in [7, 11) is 0. The SMILES string of the molecule is O=C1/C(=C/c2ccc(F)c(F)c2)CC(NC(=O)c2cnc(NCCN3CCCC3)cc2C(F)(F)F)C/C1=C\c1ccc(F)c(F)c1. The first-order valence-corrected chi connectivity index (χ1v) is 14.6. The number of Topliss-reactive ketones (excluding diaryl/α,β-unsaturated/α-hetero) is 1. The standard InChI is InChI=1S/C33H29F7N4O2/c34-26-5-3-19(13-28(26)36)11-21-15-23(16-22(31(21)45)12-20-4-6-27(35)29(37)14-20)43-32(46)24-18-42-30(17-25(24)33(38,39)40)41-7-10-44-8-1-2-9-44/h3-6,11-14,17-18,23H,1-2,7-10,15-16H2,(H,41,42)(H,43,46)/b21-11+,22-12+. The van der Waals surface area contributed by atoms with Gasteiger partial charge in [-0.25, -0.2) is 22.5 Å². The molecule has 1 saturated carbocycles. The fourth-order valence-corrected chi connectivity index (χ4v) is 5.53. The molecule has 242 valence electrons. The largest absolute Gasteiger partial charge is 0.417 e. The van der Waals surface area contributed by atoms with Crippen molar-refractivity contribution < 1.29 is 40.3 Å². The molecule has 2 aliphatic rings. The summed E-state index contributed by atoms with van der Waals surface area (Å²) in [4.78, 5) is 32.8. The van der Waals surface area contributed by atoms with Gasteiger partial charge in [0.2, 0.25) is 0 Å². The molecule has 2 heterocycles. The third-order valence-corrected chi connectivity index (χ3v) is 7.81. The second-order valence-corrected chi connectivity index (χ2v) is 11.2. The minimum absolute atomic E-state index is 0.0307. The summed E-state index contributed by atoms with van der Waals surface area (Å²) >= 11 is 0. The highest BCUT2D eigenvalue weighted by atomic mass is 19.4. The summed E-state index contributed by atoms with van der Waals surface area (Å²) in [6.07, 6.45) is 0.298. The molecule has 13 heteroatoms. The van der Waals surface area contributed by atoms with Crippen molar-refractivity contribution in [2.75, 3.05) is 31.5 Å². The highest BCUT2D eigenvalue weighted by Crippen LogP contribution is 2.34. The van der Waals surface area contributed by atoms with Gasteiger partial charge in [0.25, 0.3) is 5.91 Å². The average molecular weight is 647 g/mol. The van der Waals surface area contributed by atoms with Crippen LogP contribution >= 0.6 is 0 Å². The number of carbonyl (C=O) groups is 2. The fraction of sp³-hybridized carbons (Fsp3) is 0.303. The van der Waals surface area contributed by atoms with E-state index in [-0.39, 0.29) is 40.9 Å². The van der Waals surface area contributed by atoms with Gasteiger partial charge in [-0.3, -0.25) is 9.59 Å². The van der Waals surface area contributed by atoms with Crippen molar-refractivity contribution >= 4 is 29.7 Å². The number of halogens is 7. The van der Waals surface area contributed by atoms with Crippen LogP contribution in [0.25, 0.3) is 12.2 Å². The van der Waals surface area contributed by atoms with Crippen LogP contribution in [0.1, 0.15) is 52.7 Å². The first kappa shape index (κ1) is 32.9. The van der Waals surface area contributed by atoms with Crippen LogP contribution in [-0.4, -0.2) is 53.8 Å². The molecule has 6 nitrogen and oxygen atoms in total. The van der Waals surface area contributed by atoms with Crippen LogP contribution in [0, 0.1) is 23.3 Å². The summed E-state index contributed by atoms with van der Waals surface area (Å²) in [5.41, 5.74) is -1.63. The summed E-state index contributed by atoms with van der Waals surface area (Å²) in [6.45, 7) is 2.84. The van der Waals surface area contributed by atoms with Gasteiger partial charge in [-0.15, -0.1) is 0 Å². The lowest BCUT2D eigenvalue weighted by molar-refractivity contribution is -0.138. The van der Waals surface area contributed by atoms with Gasteiger partial charge >= 0.3 is 6.18 Å². The van der Waals surface area contributed by atoms with E-state index in [0.29, 0.717) is 13.1 Å². The number of rotatable bonds is 8. The Morgan fingerprint density at radius 3 is 1.96 bits per heavy atom. The van der Waals surface area contributed by atoms with E-state index in [1.165, 1.54) is 24.3 Å². The third kappa shape index (κ3) is 8.00. The van der Waals surface area contributed by atoms with Gasteiger partial charge in [-0.05, 0) is 92.4 Å². The lowest BCUT2D eigenvalue weighted by Crippen LogP contribution is -2.40. The molecule has 2 N–H and O–H groups in total. The molecule has 1 saturated heterocycles. The number of likely N-dealkylation sites (tertiary alicyclic amines) is 1. The highest BCUT2D eigenvalue weighted by molar-refractivity contribution is 6.14. The number of benzene rings is 2. The number of amides is 1. The van der Waals surface area contributed by atoms with Crippen LogP contribution in [0.15, 0.2) is 59.8 Å². The third-order valence-electron chi connectivity index (χ3n) is 7.81. The van der Waals surface area contributed by atoms with Crippen LogP contribution < -0.4 is 10.6 Å². The molecule has 2 fully saturated rings. The van der Waals surface area contributed by atoms with Crippen LogP contribution in [0.3, 0.4) is 0 Å². The van der Waals surface area contributed by atoms with Gasteiger partial charge in [0.1, 0.15) is 5.82 Å². The van der Waals surface area contributed by atoms with Gasteiger partial charge in [-0.1, -0.05) is 12.1 Å². The molecule has 0 atom stereocenters. The predicted octanol–water partition coefficient (Wildman–Crippen LogP) is 6.79. The minimum atomic E-state index is -4.89. The molecule has 2 aromatic carbocycles. The molecule has 46 heavy (non-hydrogen) atoms. The topological polar surface area (TPSA) is 74.3 Å². The molecule has 0 spiro atoms. The lowest BCUT2D eigenvalue weighted by atomic mass is 9.83. The second kappa shape index (κ2) is 13.9. The summed E-state index contributed by atoms with van der Waals surface area (Å²) in [5.74, 6) is -6.25. The monoisotopic (exact) mass is 646 g/mol. The van der Waals surface area contributed by atoms with Gasteiger partial charge in [0.05, 0.1) is 11.1 Å². The quantitative estimate of drug-likeness (QED) is 0.208. The Morgan fingerprint density at radius 2 is 1.43 bits per heavy atom. The Morgan fingerprint density at radius 1 is 0.870 bits per heavy atom. The van der Waals surface area contributed by atoms with Crippen molar-refractivity contribution in [3.8, 4) is 0 Å². The molecule has 5 rings (SSSR count). The molecule has 0 unspecified atom stereocenters. The minimum Gasteiger partial charge on any atom is -0.369 e. The molecular weight excluding hydrogens is 617 g/mol. The van der Waals surface area contributed by atoms with E-state index in [1.807, 2.05) is 0 Å². The van der Waals surface area contributed by atoms with Crippen molar-refractivity contribution in [1.29, 1.82) is 0 Å². The number of alkyl halides is 3. The van der Waals surface area contributed by atoms with Crippen molar-refractivity contribution in [2.24, 2.45) is 0 Å². The molecule has 3 aromatic rings. The van der Waals surface area contributed by atoms with E-state index in [2.05, 4.69) is 20.5 Å². The summed E-state index contributed by atoms with van der Waals surface area (Å²) in [6, 6.07) is 5.73. The Balaban J connectivity index is 1.41. The summed E-state index contributed by atoms with van der Waals surface area (Å²) < 4.78 is 97.0. The molecule has 1 aromatic heterocycles. The molecule has 1 amide bonds. The summed E-state index contributed by atoms with van der Waals surface area (Å²) in [5, 5.41) is 5.40. The van der Waals surface area contributed by atoms with Gasteiger partial charge in [-0.2, -0.15) is 13.2 Å². The van der Waals surface area contributed by atoms with E-state index in [9.17, 15) is 40.3 Å². The number of carbonyl (C=O) groups excluding carboxylic acids is 2. The first-order chi connectivity index (χ1) is 21.9. The zero-order valence-corrected chi connectivity index (χ0v) is 24.4. The number of nitrogens with one attached hydrogen (secondary N) is 2. The predicted molar refractivity (Wildman–Crippen MR) is 158 cm³/mol. The maximum Gasteiger partial charge on any atom is 0.417 e. The Bertz CT molecular complexity index is 1620. The van der Waals surface area contributed by atoms with E-state index in [1.54, 1.807) is 0 Å². The average Bonchev–Trinajstić information content (AvgIpc) is 3.52. The van der Waals surface area contributed by atoms with Crippen molar-refractivity contribution in [3.63, 3.8) is 0 Å². The molecule has 1 aliphatic carbocycles. The maximum absolute atomic E-state index is 14.1. The number of anilines is 1. The number of hydrogen-bond acceptors (Lipinski definition) is 5. The van der Waals surface area contributed by atoms with Crippen LogP contribution in [0.4, 0.5) is 36.6 Å². The zero-order chi connectivity index (χ0) is 33.0. The number of ketones is 1. The van der Waals surface area contributed by atoms with E-state index < -0.39 is 58.3 Å². The molecule has 0 bridgehead atoms. The lowest BCUT2D eigenvalue weighted by Gasteiger charge is -2.27. The molecular formula is C33H29F7N4O2. The van der Waals surface area contributed by atoms with E-state index in [4.69, 9.17) is 0 Å². The smallest absolute Gasteiger partial charge is 0.369 e. The molecule has 1 aliphatic heterocycles. The fourth-order valence-electron chi connectivity index (χ4n) is 5.53. The number of nitrogens with zero attached hydrogens (tertiary/aromatic N) is 2. The molecule has 0 radical (unpaired) electrons. The van der Waals surface area contributed by atoms with Crippen molar-refractivity contribution in [1.82, 2.24) is 15.2 Å². The number of hydrogen-bond donors (Lipinski definition) is 2. The first-order valence-electron chi connectivity index (χ1n) is 14.6. The number of pyridine rings is 1. The maximum atomic E-state index is 14.1. The van der Waals surface area contributed by atoms with Crippen LogP contribution in [-0.2, 0) is 11.0 Å². The van der Waals surface area contributed by atoms with Crippen LogP contribution in [0.2, 0.25) is 0 Å². The number of aromatic nitrogens is 1. The Hall–Kier alpha value is -4.52. The Kier molecular flexibility index (Phi) is 9.90. The van der Waals surface area contributed by atoms with Crippen LogP contribution in [0.5, 0.6) is 0 Å². The van der Waals surface area contributed by atoms with E-state index >= 15 is 0 Å². The van der Waals surface area contributed by atoms with Crippen molar-refractivity contribution in [3.05, 3.63) is 105 Å². The van der Waals surface area contributed by atoms with Crippen molar-refractivity contribution in [2.45, 2.75) is 37.9 Å². The van der Waals surface area contributed by atoms with Gasteiger partial charge < -0.3 is 15.5 Å². The van der Waals surface area contributed by atoms with Gasteiger partial charge in [0, 0.05) is 36.5 Å². The Labute approximate surface area is 260 Å². The highest BCUT2D eigenvalue weighted by Gasteiger charge is 2.37. The van der Waals surface area contributed by atoms with E-state index in [0.717, 1.165) is 62.5 Å². The van der Waals surface area contributed by atoms with Gasteiger partial charge in [0.15, 0.2) is 29.1 Å². The zero-order valence-electron chi connectivity index (χ0n) is 24.4.